The smallest absolute Gasteiger partial charge is 0.344 e. The summed E-state index contributed by atoms with van der Waals surface area (Å²) < 4.78 is 23.7. The normalized spacial score (nSPS) is 14.2. The van der Waals surface area contributed by atoms with Crippen LogP contribution in [0.15, 0.2) is 47.5 Å². The van der Waals surface area contributed by atoms with Gasteiger partial charge in [-0.3, -0.25) is 14.4 Å². The molecule has 10 nitrogen and oxygen atoms in total. The summed E-state index contributed by atoms with van der Waals surface area (Å²) in [6, 6.07) is 12.9. The van der Waals surface area contributed by atoms with E-state index in [0.717, 1.165) is 44.4 Å². The standard InChI is InChI=1S/C33H36N4O6S/c1-18-19(2)44-32-29(18)30(34-25(16-27(38)41-8)31-36-35-20(3)37(31)32)22-11-9-21(10-12-22)24-14-13-23(15-26(24)40-7)42-17-28(39)43-33(4,5)6/h9-15,25H,16-17H2,1-8H3/t25-/m0/s1. The number of aromatic nitrogens is 3. The molecule has 1 aliphatic heterocycles. The van der Waals surface area contributed by atoms with Gasteiger partial charge in [0.15, 0.2) is 12.4 Å². The van der Waals surface area contributed by atoms with Crippen LogP contribution < -0.4 is 9.47 Å². The highest BCUT2D eigenvalue weighted by atomic mass is 32.1. The SMILES string of the molecule is COC(=O)C[C@@H]1N=C(c2ccc(-c3ccc(OCC(=O)OC(C)(C)C)cc3OC)cc2)c2c(sc(C)c2C)-n2c(C)nnc21. The Morgan fingerprint density at radius 1 is 0.955 bits per heavy atom. The number of methoxy groups -OCH3 is 2. The molecular weight excluding hydrogens is 580 g/mol. The molecule has 2 aromatic carbocycles. The third kappa shape index (κ3) is 6.23. The number of aliphatic imine (C=N–C) groups is 1. The van der Waals surface area contributed by atoms with Crippen LogP contribution >= 0.6 is 11.3 Å². The Kier molecular flexibility index (Phi) is 8.60. The van der Waals surface area contributed by atoms with Crippen LogP contribution in [0.1, 0.15) is 66.5 Å². The molecular formula is C33H36N4O6S. The van der Waals surface area contributed by atoms with E-state index in [1.165, 1.54) is 12.0 Å². The second kappa shape index (κ2) is 12.2. The van der Waals surface area contributed by atoms with Gasteiger partial charge in [-0.1, -0.05) is 24.3 Å². The van der Waals surface area contributed by atoms with Gasteiger partial charge in [0.2, 0.25) is 0 Å². The van der Waals surface area contributed by atoms with Gasteiger partial charge in [0.1, 0.15) is 34.0 Å². The first kappa shape index (κ1) is 30.9. The van der Waals surface area contributed by atoms with E-state index in [0.29, 0.717) is 17.3 Å². The molecule has 230 valence electrons. The minimum atomic E-state index is -0.584. The van der Waals surface area contributed by atoms with Crippen molar-refractivity contribution in [2.75, 3.05) is 20.8 Å². The van der Waals surface area contributed by atoms with Crippen LogP contribution in [0.25, 0.3) is 16.1 Å². The third-order valence-corrected chi connectivity index (χ3v) is 8.44. The molecule has 0 bridgehead atoms. The van der Waals surface area contributed by atoms with Crippen molar-refractivity contribution >= 4 is 29.0 Å². The minimum absolute atomic E-state index is 0.0444. The number of fused-ring (bicyclic) bond motifs is 3. The van der Waals surface area contributed by atoms with Crippen LogP contribution in [-0.4, -0.2) is 58.8 Å². The van der Waals surface area contributed by atoms with E-state index in [4.69, 9.17) is 23.9 Å². The van der Waals surface area contributed by atoms with E-state index in [9.17, 15) is 9.59 Å². The molecule has 44 heavy (non-hydrogen) atoms. The van der Waals surface area contributed by atoms with Crippen molar-refractivity contribution in [2.24, 2.45) is 4.99 Å². The van der Waals surface area contributed by atoms with E-state index in [1.54, 1.807) is 30.6 Å². The Morgan fingerprint density at radius 3 is 2.32 bits per heavy atom. The number of hydrogen-bond acceptors (Lipinski definition) is 10. The molecule has 0 aliphatic carbocycles. The summed E-state index contributed by atoms with van der Waals surface area (Å²) in [6.07, 6.45) is 0.0444. The third-order valence-electron chi connectivity index (χ3n) is 7.25. The predicted molar refractivity (Wildman–Crippen MR) is 168 cm³/mol. The maximum absolute atomic E-state index is 12.4. The van der Waals surface area contributed by atoms with Crippen LogP contribution in [-0.2, 0) is 19.1 Å². The zero-order valence-corrected chi connectivity index (χ0v) is 27.0. The average Bonchev–Trinajstić information content (AvgIpc) is 3.46. The van der Waals surface area contributed by atoms with Crippen molar-refractivity contribution in [2.45, 2.75) is 59.6 Å². The number of aryl methyl sites for hydroxylation is 2. The first-order chi connectivity index (χ1) is 20.9. The highest BCUT2D eigenvalue weighted by molar-refractivity contribution is 7.15. The lowest BCUT2D eigenvalue weighted by molar-refractivity contribution is -0.157. The zero-order valence-electron chi connectivity index (χ0n) is 26.2. The van der Waals surface area contributed by atoms with E-state index < -0.39 is 17.6 Å². The van der Waals surface area contributed by atoms with Gasteiger partial charge < -0.3 is 18.9 Å². The number of thiophene rings is 1. The first-order valence-electron chi connectivity index (χ1n) is 14.2. The van der Waals surface area contributed by atoms with Gasteiger partial charge in [-0.2, -0.15) is 0 Å². The molecule has 11 heteroatoms. The van der Waals surface area contributed by atoms with Gasteiger partial charge in [0.05, 0.1) is 26.4 Å². The molecule has 4 aromatic rings. The zero-order chi connectivity index (χ0) is 31.8. The van der Waals surface area contributed by atoms with Crippen molar-refractivity contribution in [3.8, 4) is 27.6 Å². The maximum Gasteiger partial charge on any atom is 0.344 e. The molecule has 0 fully saturated rings. The fourth-order valence-corrected chi connectivity index (χ4v) is 6.30. The molecule has 3 heterocycles. The van der Waals surface area contributed by atoms with Crippen molar-refractivity contribution < 1.29 is 28.5 Å². The lowest BCUT2D eigenvalue weighted by Crippen LogP contribution is -2.27. The molecule has 1 atom stereocenters. The number of benzene rings is 2. The predicted octanol–water partition coefficient (Wildman–Crippen LogP) is 6.11. The van der Waals surface area contributed by atoms with E-state index >= 15 is 0 Å². The van der Waals surface area contributed by atoms with E-state index in [-0.39, 0.29) is 19.0 Å². The lowest BCUT2D eigenvalue weighted by Gasteiger charge is -2.19. The summed E-state index contributed by atoms with van der Waals surface area (Å²) in [4.78, 5) is 30.8. The molecule has 0 N–H and O–H groups in total. The number of nitrogens with zero attached hydrogens (tertiary/aromatic N) is 4. The Balaban J connectivity index is 1.49. The van der Waals surface area contributed by atoms with Gasteiger partial charge in [-0.15, -0.1) is 21.5 Å². The van der Waals surface area contributed by atoms with Crippen molar-refractivity contribution in [1.82, 2.24) is 14.8 Å². The summed E-state index contributed by atoms with van der Waals surface area (Å²) >= 11 is 1.66. The number of hydrogen-bond donors (Lipinski definition) is 0. The molecule has 0 radical (unpaired) electrons. The van der Waals surface area contributed by atoms with Crippen LogP contribution in [0, 0.1) is 20.8 Å². The van der Waals surface area contributed by atoms with Gasteiger partial charge in [0, 0.05) is 27.6 Å². The van der Waals surface area contributed by atoms with Crippen molar-refractivity contribution in [3.63, 3.8) is 0 Å². The van der Waals surface area contributed by atoms with Gasteiger partial charge in [0.25, 0.3) is 0 Å². The maximum atomic E-state index is 12.4. The van der Waals surface area contributed by atoms with Crippen LogP contribution in [0.2, 0.25) is 0 Å². The molecule has 0 amide bonds. The second-order valence-corrected chi connectivity index (χ2v) is 12.7. The Labute approximate surface area is 260 Å². The number of carbonyl (C=O) groups excluding carboxylic acids is 2. The highest BCUT2D eigenvalue weighted by Crippen LogP contribution is 2.40. The first-order valence-corrected chi connectivity index (χ1v) is 15.0. The number of rotatable bonds is 8. The Hall–Kier alpha value is -4.51. The van der Waals surface area contributed by atoms with Gasteiger partial charge in [-0.05, 0) is 64.8 Å². The number of carbonyl (C=O) groups is 2. The summed E-state index contributed by atoms with van der Waals surface area (Å²) in [6.45, 7) is 11.3. The molecule has 2 aromatic heterocycles. The average molecular weight is 617 g/mol. The Bertz CT molecular complexity index is 1750. The number of esters is 2. The van der Waals surface area contributed by atoms with Crippen molar-refractivity contribution in [1.29, 1.82) is 0 Å². The topological polar surface area (TPSA) is 114 Å². The monoisotopic (exact) mass is 616 g/mol. The largest absolute Gasteiger partial charge is 0.496 e. The van der Waals surface area contributed by atoms with Crippen LogP contribution in [0.3, 0.4) is 0 Å². The summed E-state index contributed by atoms with van der Waals surface area (Å²) in [5.74, 6) is 1.63. The molecule has 0 saturated carbocycles. The Morgan fingerprint density at radius 2 is 1.66 bits per heavy atom. The minimum Gasteiger partial charge on any atom is -0.496 e. The summed E-state index contributed by atoms with van der Waals surface area (Å²) in [5.41, 5.74) is 5.01. The lowest BCUT2D eigenvalue weighted by atomic mass is 9.96. The molecule has 0 unspecified atom stereocenters. The fraction of sp³-hybridized carbons (Fsp3) is 0.364. The molecule has 0 spiro atoms. The molecule has 5 rings (SSSR count). The molecule has 0 saturated heterocycles. The van der Waals surface area contributed by atoms with Gasteiger partial charge in [-0.25, -0.2) is 4.79 Å². The summed E-state index contributed by atoms with van der Waals surface area (Å²) in [5, 5.41) is 9.72. The summed E-state index contributed by atoms with van der Waals surface area (Å²) in [7, 11) is 2.96. The second-order valence-electron chi connectivity index (χ2n) is 11.5. The van der Waals surface area contributed by atoms with Crippen LogP contribution in [0.4, 0.5) is 0 Å². The van der Waals surface area contributed by atoms with Crippen LogP contribution in [0.5, 0.6) is 11.5 Å². The van der Waals surface area contributed by atoms with E-state index in [1.807, 2.05) is 62.6 Å². The fourth-order valence-electron chi connectivity index (χ4n) is 5.09. The van der Waals surface area contributed by atoms with Gasteiger partial charge >= 0.3 is 11.9 Å². The van der Waals surface area contributed by atoms with E-state index in [2.05, 4.69) is 24.0 Å². The van der Waals surface area contributed by atoms with Crippen molar-refractivity contribution in [3.05, 3.63) is 75.7 Å². The number of ether oxygens (including phenoxy) is 4. The molecule has 1 aliphatic rings. The quantitative estimate of drug-likeness (QED) is 0.218. The highest BCUT2D eigenvalue weighted by Gasteiger charge is 2.32.